The lowest BCUT2D eigenvalue weighted by Crippen LogP contribution is -2.34. The fourth-order valence-corrected chi connectivity index (χ4v) is 4.51. The number of anilines is 2. The van der Waals surface area contributed by atoms with E-state index in [4.69, 9.17) is 0 Å². The van der Waals surface area contributed by atoms with E-state index in [0.29, 0.717) is 5.46 Å². The topological polar surface area (TPSA) is 43.7 Å². The Morgan fingerprint density at radius 3 is 2.45 bits per heavy atom. The predicted octanol–water partition coefficient (Wildman–Crippen LogP) is 5.83. The summed E-state index contributed by atoms with van der Waals surface area (Å²) in [6.07, 6.45) is 14.0. The van der Waals surface area contributed by atoms with E-state index in [1.165, 1.54) is 21.9 Å². The average Bonchev–Trinajstić information content (AvgIpc) is 2.85. The summed E-state index contributed by atoms with van der Waals surface area (Å²) >= 11 is 0. The van der Waals surface area contributed by atoms with Crippen LogP contribution in [0.1, 0.15) is 26.2 Å². The molecule has 1 unspecified atom stereocenters. The highest BCUT2D eigenvalue weighted by Gasteiger charge is 2.25. The van der Waals surface area contributed by atoms with Gasteiger partial charge in [-0.2, -0.15) is 0 Å². The van der Waals surface area contributed by atoms with Crippen LogP contribution in [0.25, 0.3) is 10.8 Å². The van der Waals surface area contributed by atoms with Crippen molar-refractivity contribution < 1.29 is 10.0 Å². The number of nitrogens with zero attached hydrogens (tertiary/aromatic N) is 1. The lowest BCUT2D eigenvalue weighted by Gasteiger charge is -2.35. The van der Waals surface area contributed by atoms with E-state index >= 15 is 0 Å². The predicted molar refractivity (Wildman–Crippen MR) is 141 cm³/mol. The van der Waals surface area contributed by atoms with Crippen LogP contribution in [0.4, 0.5) is 11.4 Å². The third-order valence-corrected chi connectivity index (χ3v) is 6.05. The molecule has 2 aliphatic carbocycles. The fourth-order valence-electron chi connectivity index (χ4n) is 4.51. The lowest BCUT2D eigenvalue weighted by molar-refractivity contribution is 0.426. The second-order valence-corrected chi connectivity index (χ2v) is 8.40. The summed E-state index contributed by atoms with van der Waals surface area (Å²) in [6, 6.07) is 22.6. The minimum Gasteiger partial charge on any atom is -0.423 e. The molecule has 0 saturated heterocycles. The molecule has 3 aromatic rings. The third kappa shape index (κ3) is 5.19. The highest BCUT2D eigenvalue weighted by atomic mass is 16.4. The second kappa shape index (κ2) is 10.5. The van der Waals surface area contributed by atoms with Gasteiger partial charge in [-0.25, -0.2) is 0 Å². The second-order valence-electron chi connectivity index (χ2n) is 8.40. The molecule has 2 N–H and O–H groups in total. The minimum atomic E-state index is -1.49. The number of fused-ring (bicyclic) bond motifs is 1. The summed E-state index contributed by atoms with van der Waals surface area (Å²) in [6.45, 7) is 5.25. The van der Waals surface area contributed by atoms with Crippen LogP contribution in [0, 0.1) is 0 Å². The van der Waals surface area contributed by atoms with Crippen LogP contribution in [0.2, 0.25) is 0 Å². The SMILES string of the molecule is C=CC.OB(O)c1cccc(N(c2ccc3ccccc3c2)C2C=CC3=C(C=CCC3)C2)c1. The van der Waals surface area contributed by atoms with Gasteiger partial charge in [-0.15, -0.1) is 6.58 Å². The summed E-state index contributed by atoms with van der Waals surface area (Å²) < 4.78 is 0. The van der Waals surface area contributed by atoms with Crippen molar-refractivity contribution in [3.63, 3.8) is 0 Å². The first-order valence-corrected chi connectivity index (χ1v) is 11.5. The van der Waals surface area contributed by atoms with E-state index in [-0.39, 0.29) is 6.04 Å². The smallest absolute Gasteiger partial charge is 0.423 e. The Morgan fingerprint density at radius 1 is 0.909 bits per heavy atom. The molecular weight excluding hydrogens is 405 g/mol. The van der Waals surface area contributed by atoms with Gasteiger partial charge in [0.2, 0.25) is 0 Å². The quantitative estimate of drug-likeness (QED) is 0.401. The van der Waals surface area contributed by atoms with Gasteiger partial charge in [0.15, 0.2) is 0 Å². The zero-order valence-corrected chi connectivity index (χ0v) is 19.1. The molecule has 0 amide bonds. The largest absolute Gasteiger partial charge is 0.488 e. The standard InChI is InChI=1S/C26H24BNO2.C3H6/c29-27(30)23-10-5-11-24(18-23)28(25-14-12-19-6-1-3-8-21(19)16-25)26-15-13-20-7-2-4-9-22(20)17-26;1-3-2/h1,3-6,8-16,18,26,29-30H,2,7,17H2;3H,1H2,2H3. The molecule has 0 aliphatic heterocycles. The number of allylic oxidation sites excluding steroid dienone is 5. The lowest BCUT2D eigenvalue weighted by atomic mass is 9.80. The Bertz CT molecular complexity index is 1230. The van der Waals surface area contributed by atoms with E-state index in [0.717, 1.165) is 30.6 Å². The van der Waals surface area contributed by atoms with Gasteiger partial charge in [0, 0.05) is 11.4 Å². The van der Waals surface area contributed by atoms with Crippen LogP contribution in [0.15, 0.2) is 115 Å². The number of hydrogen-bond acceptors (Lipinski definition) is 3. The molecule has 33 heavy (non-hydrogen) atoms. The summed E-state index contributed by atoms with van der Waals surface area (Å²) in [5, 5.41) is 21.8. The summed E-state index contributed by atoms with van der Waals surface area (Å²) in [5.41, 5.74) is 5.38. The van der Waals surface area contributed by atoms with Crippen molar-refractivity contribution in [2.45, 2.75) is 32.2 Å². The minimum absolute atomic E-state index is 0.152. The van der Waals surface area contributed by atoms with Gasteiger partial charge < -0.3 is 14.9 Å². The molecule has 5 rings (SSSR count). The molecule has 3 aromatic carbocycles. The maximum atomic E-state index is 9.71. The molecule has 0 saturated carbocycles. The van der Waals surface area contributed by atoms with Crippen molar-refractivity contribution in [3.8, 4) is 0 Å². The average molecular weight is 435 g/mol. The van der Waals surface area contributed by atoms with Gasteiger partial charge in [0.05, 0.1) is 6.04 Å². The molecule has 166 valence electrons. The molecule has 0 heterocycles. The van der Waals surface area contributed by atoms with Crippen molar-refractivity contribution >= 4 is 34.7 Å². The van der Waals surface area contributed by atoms with Crippen molar-refractivity contribution in [1.82, 2.24) is 0 Å². The molecule has 0 spiro atoms. The van der Waals surface area contributed by atoms with Crippen molar-refractivity contribution in [1.29, 1.82) is 0 Å². The van der Waals surface area contributed by atoms with Gasteiger partial charge in [-0.1, -0.05) is 72.8 Å². The molecule has 0 aromatic heterocycles. The van der Waals surface area contributed by atoms with Crippen LogP contribution >= 0.6 is 0 Å². The molecule has 0 fully saturated rings. The Hall–Kier alpha value is -3.34. The van der Waals surface area contributed by atoms with Crippen LogP contribution in [-0.4, -0.2) is 23.2 Å². The number of rotatable bonds is 4. The first-order chi connectivity index (χ1) is 16.1. The zero-order chi connectivity index (χ0) is 23.2. The maximum absolute atomic E-state index is 9.71. The summed E-state index contributed by atoms with van der Waals surface area (Å²) in [4.78, 5) is 2.31. The number of benzene rings is 3. The third-order valence-electron chi connectivity index (χ3n) is 6.05. The van der Waals surface area contributed by atoms with Crippen molar-refractivity contribution in [2.75, 3.05) is 4.90 Å². The Balaban J connectivity index is 0.000000821. The molecule has 3 nitrogen and oxygen atoms in total. The molecular formula is C29H30BNO2. The Labute approximate surface area is 196 Å². The molecule has 2 aliphatic rings. The Morgan fingerprint density at radius 2 is 1.67 bits per heavy atom. The first kappa shape index (κ1) is 22.8. The van der Waals surface area contributed by atoms with Crippen molar-refractivity contribution in [3.05, 3.63) is 115 Å². The zero-order valence-electron chi connectivity index (χ0n) is 19.1. The van der Waals surface area contributed by atoms with E-state index < -0.39 is 7.12 Å². The summed E-state index contributed by atoms with van der Waals surface area (Å²) in [7, 11) is -1.49. The normalized spacial score (nSPS) is 16.6. The maximum Gasteiger partial charge on any atom is 0.488 e. The monoisotopic (exact) mass is 435 g/mol. The first-order valence-electron chi connectivity index (χ1n) is 11.5. The van der Waals surface area contributed by atoms with Crippen LogP contribution in [0.5, 0.6) is 0 Å². The van der Waals surface area contributed by atoms with Gasteiger partial charge in [0.1, 0.15) is 0 Å². The molecule has 1 atom stereocenters. The molecule has 0 radical (unpaired) electrons. The molecule has 4 heteroatoms. The molecule has 0 bridgehead atoms. The van der Waals surface area contributed by atoms with Crippen LogP contribution < -0.4 is 10.4 Å². The van der Waals surface area contributed by atoms with Gasteiger partial charge in [0.25, 0.3) is 0 Å². The highest BCUT2D eigenvalue weighted by Crippen LogP contribution is 2.36. The van der Waals surface area contributed by atoms with Gasteiger partial charge >= 0.3 is 7.12 Å². The van der Waals surface area contributed by atoms with E-state index in [1.54, 1.807) is 12.1 Å². The Kier molecular flexibility index (Phi) is 7.28. The van der Waals surface area contributed by atoms with Gasteiger partial charge in [-0.05, 0) is 77.8 Å². The van der Waals surface area contributed by atoms with Crippen molar-refractivity contribution in [2.24, 2.45) is 0 Å². The van der Waals surface area contributed by atoms with Gasteiger partial charge in [-0.3, -0.25) is 0 Å². The van der Waals surface area contributed by atoms with Crippen LogP contribution in [-0.2, 0) is 0 Å². The number of hydrogen-bond donors (Lipinski definition) is 2. The van der Waals surface area contributed by atoms with E-state index in [1.807, 2.05) is 25.1 Å². The highest BCUT2D eigenvalue weighted by molar-refractivity contribution is 6.58. The van der Waals surface area contributed by atoms with E-state index in [9.17, 15) is 10.0 Å². The fraction of sp³-hybridized carbons (Fsp3) is 0.172. The summed E-state index contributed by atoms with van der Waals surface area (Å²) in [5.74, 6) is 0. The van der Waals surface area contributed by atoms with E-state index in [2.05, 4.69) is 78.2 Å². The van der Waals surface area contributed by atoms with Crippen LogP contribution in [0.3, 0.4) is 0 Å².